The van der Waals surface area contributed by atoms with E-state index in [1.54, 1.807) is 0 Å². The Balaban J connectivity index is 2.29. The number of nitrogens with two attached hydrogens (primary N) is 1. The Labute approximate surface area is 109 Å². The summed E-state index contributed by atoms with van der Waals surface area (Å²) in [6.45, 7) is 5.61. The monoisotopic (exact) mass is 249 g/mol. The summed E-state index contributed by atoms with van der Waals surface area (Å²) in [5.74, 6) is -0.175. The van der Waals surface area contributed by atoms with Crippen molar-refractivity contribution in [2.24, 2.45) is 5.73 Å². The molecule has 0 bridgehead atoms. The molecule has 0 aliphatic rings. The van der Waals surface area contributed by atoms with E-state index in [0.29, 0.717) is 12.8 Å². The molecule has 3 heteroatoms. The molecule has 0 spiro atoms. The van der Waals surface area contributed by atoms with Crippen LogP contribution >= 0.6 is 0 Å². The summed E-state index contributed by atoms with van der Waals surface area (Å²) in [4.78, 5) is 11.5. The lowest BCUT2D eigenvalue weighted by atomic mass is 10.0. The number of hydrogen-bond acceptors (Lipinski definition) is 3. The predicted molar refractivity (Wildman–Crippen MR) is 73.2 cm³/mol. The fraction of sp³-hybridized carbons (Fsp3) is 0.533. The van der Waals surface area contributed by atoms with Gasteiger partial charge < -0.3 is 10.5 Å². The van der Waals surface area contributed by atoms with E-state index in [-0.39, 0.29) is 12.0 Å². The summed E-state index contributed by atoms with van der Waals surface area (Å²) in [6.07, 6.45) is 1.83. The minimum Gasteiger partial charge on any atom is -0.460 e. The second-order valence-electron chi connectivity index (χ2n) is 5.57. The van der Waals surface area contributed by atoms with Crippen LogP contribution in [0.4, 0.5) is 0 Å². The summed E-state index contributed by atoms with van der Waals surface area (Å²) in [6, 6.07) is 10.1. The van der Waals surface area contributed by atoms with E-state index in [0.717, 1.165) is 6.42 Å². The Morgan fingerprint density at radius 3 is 2.44 bits per heavy atom. The van der Waals surface area contributed by atoms with Crippen LogP contribution in [0.2, 0.25) is 0 Å². The molecule has 0 saturated carbocycles. The third-order valence-electron chi connectivity index (χ3n) is 2.48. The molecule has 0 saturated heterocycles. The molecule has 2 N–H and O–H groups in total. The second-order valence-corrected chi connectivity index (χ2v) is 5.57. The normalized spacial score (nSPS) is 13.1. The first-order valence-corrected chi connectivity index (χ1v) is 6.38. The molecule has 0 amide bonds. The lowest BCUT2D eigenvalue weighted by Crippen LogP contribution is -2.27. The molecule has 1 aromatic rings. The predicted octanol–water partition coefficient (Wildman–Crippen LogP) is 2.68. The van der Waals surface area contributed by atoms with E-state index >= 15 is 0 Å². The van der Waals surface area contributed by atoms with Crippen molar-refractivity contribution in [2.75, 3.05) is 0 Å². The molecular formula is C15H23NO2. The SMILES string of the molecule is CC(C)(C)OC(=O)CC[C@@H](N)Cc1ccccc1. The molecule has 0 aromatic heterocycles. The second kappa shape index (κ2) is 6.55. The molecule has 0 fully saturated rings. The van der Waals surface area contributed by atoms with Gasteiger partial charge in [0.15, 0.2) is 0 Å². The van der Waals surface area contributed by atoms with Crippen LogP contribution in [0.5, 0.6) is 0 Å². The molecule has 0 heterocycles. The van der Waals surface area contributed by atoms with Gasteiger partial charge in [-0.1, -0.05) is 30.3 Å². The van der Waals surface area contributed by atoms with E-state index < -0.39 is 5.60 Å². The van der Waals surface area contributed by atoms with Gasteiger partial charge in [0.25, 0.3) is 0 Å². The van der Waals surface area contributed by atoms with E-state index in [2.05, 4.69) is 0 Å². The molecule has 3 nitrogen and oxygen atoms in total. The van der Waals surface area contributed by atoms with Crippen molar-refractivity contribution in [1.29, 1.82) is 0 Å². The van der Waals surface area contributed by atoms with Gasteiger partial charge in [-0.3, -0.25) is 4.79 Å². The average molecular weight is 249 g/mol. The van der Waals surface area contributed by atoms with Gasteiger partial charge in [0.1, 0.15) is 5.60 Å². The molecule has 1 atom stereocenters. The summed E-state index contributed by atoms with van der Waals surface area (Å²) < 4.78 is 5.24. The molecule has 1 aromatic carbocycles. The Morgan fingerprint density at radius 1 is 1.28 bits per heavy atom. The highest BCUT2D eigenvalue weighted by Crippen LogP contribution is 2.11. The fourth-order valence-corrected chi connectivity index (χ4v) is 1.71. The highest BCUT2D eigenvalue weighted by Gasteiger charge is 2.16. The van der Waals surface area contributed by atoms with Crippen LogP contribution in [-0.4, -0.2) is 17.6 Å². The van der Waals surface area contributed by atoms with Crippen molar-refractivity contribution < 1.29 is 9.53 Å². The van der Waals surface area contributed by atoms with Gasteiger partial charge >= 0.3 is 5.97 Å². The zero-order chi connectivity index (χ0) is 13.6. The van der Waals surface area contributed by atoms with Crippen molar-refractivity contribution in [3.63, 3.8) is 0 Å². The fourth-order valence-electron chi connectivity index (χ4n) is 1.71. The van der Waals surface area contributed by atoms with Gasteiger partial charge in [-0.15, -0.1) is 0 Å². The van der Waals surface area contributed by atoms with Crippen molar-refractivity contribution in [3.8, 4) is 0 Å². The van der Waals surface area contributed by atoms with Gasteiger partial charge in [0, 0.05) is 12.5 Å². The zero-order valence-electron chi connectivity index (χ0n) is 11.5. The molecular weight excluding hydrogens is 226 g/mol. The molecule has 0 radical (unpaired) electrons. The van der Waals surface area contributed by atoms with Crippen LogP contribution in [0, 0.1) is 0 Å². The summed E-state index contributed by atoms with van der Waals surface area (Å²) in [5, 5.41) is 0. The Bertz CT molecular complexity index is 368. The van der Waals surface area contributed by atoms with Gasteiger partial charge in [0.05, 0.1) is 0 Å². The molecule has 1 rings (SSSR count). The molecule has 0 unspecified atom stereocenters. The third kappa shape index (κ3) is 6.40. The van der Waals surface area contributed by atoms with Crippen LogP contribution in [0.25, 0.3) is 0 Å². The summed E-state index contributed by atoms with van der Waals surface area (Å²) >= 11 is 0. The number of carbonyl (C=O) groups excluding carboxylic acids is 1. The van der Waals surface area contributed by atoms with Crippen LogP contribution in [0.15, 0.2) is 30.3 Å². The molecule has 0 aliphatic heterocycles. The topological polar surface area (TPSA) is 52.3 Å². The number of ether oxygens (including phenoxy) is 1. The molecule has 100 valence electrons. The average Bonchev–Trinajstić information content (AvgIpc) is 2.25. The van der Waals surface area contributed by atoms with Crippen LogP contribution in [0.1, 0.15) is 39.2 Å². The Kier molecular flexibility index (Phi) is 5.35. The van der Waals surface area contributed by atoms with Crippen molar-refractivity contribution in [2.45, 2.75) is 51.7 Å². The lowest BCUT2D eigenvalue weighted by molar-refractivity contribution is -0.155. The van der Waals surface area contributed by atoms with E-state index in [9.17, 15) is 4.79 Å². The minimum atomic E-state index is -0.416. The summed E-state index contributed by atoms with van der Waals surface area (Å²) in [5.41, 5.74) is 6.80. The first kappa shape index (κ1) is 14.7. The first-order valence-electron chi connectivity index (χ1n) is 6.38. The van der Waals surface area contributed by atoms with Crippen molar-refractivity contribution >= 4 is 5.97 Å². The number of rotatable bonds is 5. The minimum absolute atomic E-state index is 0.0000756. The van der Waals surface area contributed by atoms with Crippen LogP contribution in [0.3, 0.4) is 0 Å². The molecule has 0 aliphatic carbocycles. The van der Waals surface area contributed by atoms with Gasteiger partial charge in [-0.25, -0.2) is 0 Å². The maximum atomic E-state index is 11.5. The number of carbonyl (C=O) groups is 1. The standard InChI is InChI=1S/C15H23NO2/c1-15(2,3)18-14(17)10-9-13(16)11-12-7-5-4-6-8-12/h4-8,13H,9-11,16H2,1-3H3/t13-/m1/s1. The third-order valence-corrected chi connectivity index (χ3v) is 2.48. The first-order chi connectivity index (χ1) is 8.37. The van der Waals surface area contributed by atoms with Crippen LogP contribution in [-0.2, 0) is 16.0 Å². The van der Waals surface area contributed by atoms with E-state index in [4.69, 9.17) is 10.5 Å². The number of benzene rings is 1. The van der Waals surface area contributed by atoms with E-state index in [1.165, 1.54) is 5.56 Å². The van der Waals surface area contributed by atoms with Gasteiger partial charge in [0.2, 0.25) is 0 Å². The Morgan fingerprint density at radius 2 is 1.89 bits per heavy atom. The largest absolute Gasteiger partial charge is 0.460 e. The maximum Gasteiger partial charge on any atom is 0.306 e. The van der Waals surface area contributed by atoms with Gasteiger partial charge in [-0.05, 0) is 39.2 Å². The van der Waals surface area contributed by atoms with Crippen molar-refractivity contribution in [1.82, 2.24) is 0 Å². The molecule has 18 heavy (non-hydrogen) atoms. The van der Waals surface area contributed by atoms with Crippen molar-refractivity contribution in [3.05, 3.63) is 35.9 Å². The highest BCUT2D eigenvalue weighted by molar-refractivity contribution is 5.69. The maximum absolute atomic E-state index is 11.5. The smallest absolute Gasteiger partial charge is 0.306 e. The number of hydrogen-bond donors (Lipinski definition) is 1. The lowest BCUT2D eigenvalue weighted by Gasteiger charge is -2.20. The quantitative estimate of drug-likeness (QED) is 0.816. The Hall–Kier alpha value is -1.35. The van der Waals surface area contributed by atoms with Gasteiger partial charge in [-0.2, -0.15) is 0 Å². The zero-order valence-corrected chi connectivity index (χ0v) is 11.5. The summed E-state index contributed by atoms with van der Waals surface area (Å²) in [7, 11) is 0. The highest BCUT2D eigenvalue weighted by atomic mass is 16.6. The van der Waals surface area contributed by atoms with E-state index in [1.807, 2.05) is 51.1 Å². The van der Waals surface area contributed by atoms with Crippen LogP contribution < -0.4 is 5.73 Å². The number of esters is 1.